The fourth-order valence-corrected chi connectivity index (χ4v) is 2.17. The Bertz CT molecular complexity index is 438. The lowest BCUT2D eigenvalue weighted by molar-refractivity contribution is -0.151. The van der Waals surface area contributed by atoms with E-state index < -0.39 is 54.7 Å². The van der Waals surface area contributed by atoms with Gasteiger partial charge in [0, 0.05) is 13.5 Å². The molecule has 1 aliphatic heterocycles. The number of carboxylic acid groups (broad SMARTS) is 1. The van der Waals surface area contributed by atoms with Crippen LogP contribution in [0, 0.1) is 0 Å². The summed E-state index contributed by atoms with van der Waals surface area (Å²) >= 11 is 0. The van der Waals surface area contributed by atoms with Crippen molar-refractivity contribution in [2.75, 3.05) is 13.2 Å². The topological polar surface area (TPSA) is 146 Å². The van der Waals surface area contributed by atoms with E-state index in [0.717, 1.165) is 0 Å². The number of amides is 1. The summed E-state index contributed by atoms with van der Waals surface area (Å²) in [7, 11) is 0. The number of nitrogens with one attached hydrogen (secondary N) is 1. The Morgan fingerprint density at radius 2 is 2.09 bits per heavy atom. The van der Waals surface area contributed by atoms with Gasteiger partial charge in [-0.1, -0.05) is 0 Å². The van der Waals surface area contributed by atoms with Crippen LogP contribution in [0.25, 0.3) is 0 Å². The molecule has 1 unspecified atom stereocenters. The Hall–Kier alpha value is -1.68. The highest BCUT2D eigenvalue weighted by atomic mass is 16.5. The van der Waals surface area contributed by atoms with E-state index in [1.807, 2.05) is 0 Å². The van der Waals surface area contributed by atoms with Crippen molar-refractivity contribution in [3.8, 4) is 0 Å². The molecule has 0 aromatic carbocycles. The predicted octanol–water partition coefficient (Wildman–Crippen LogP) is -2.02. The first-order valence-electron chi connectivity index (χ1n) is 6.79. The number of carbonyl (C=O) groups excluding carboxylic acids is 1. The molecule has 1 rings (SSSR count). The molecule has 0 saturated carbocycles. The van der Waals surface area contributed by atoms with Crippen molar-refractivity contribution in [2.45, 2.75) is 44.3 Å². The summed E-state index contributed by atoms with van der Waals surface area (Å²) < 4.78 is 10.5. The van der Waals surface area contributed by atoms with Gasteiger partial charge in [0.2, 0.25) is 11.7 Å². The maximum absolute atomic E-state index is 11.3. The van der Waals surface area contributed by atoms with Crippen molar-refractivity contribution in [3.05, 3.63) is 11.8 Å². The number of aliphatic hydroxyl groups is 3. The van der Waals surface area contributed by atoms with Crippen LogP contribution in [0.3, 0.4) is 0 Å². The van der Waals surface area contributed by atoms with Crippen molar-refractivity contribution in [1.29, 1.82) is 0 Å². The monoisotopic (exact) mass is 319 g/mol. The first kappa shape index (κ1) is 18.4. The zero-order chi connectivity index (χ0) is 16.9. The third-order valence-electron chi connectivity index (χ3n) is 3.14. The average molecular weight is 319 g/mol. The van der Waals surface area contributed by atoms with Gasteiger partial charge >= 0.3 is 5.97 Å². The lowest BCUT2D eigenvalue weighted by atomic mass is 9.93. The highest BCUT2D eigenvalue weighted by Crippen LogP contribution is 2.24. The SMILES string of the molecule is CCO[C@H]1C=C(C(=O)O)O[C@@H]([C@H](O)C(O)CO)[C@@H]1NC(C)=O. The van der Waals surface area contributed by atoms with Gasteiger partial charge in [-0.25, -0.2) is 4.79 Å². The average Bonchev–Trinajstić information content (AvgIpc) is 2.46. The van der Waals surface area contributed by atoms with Crippen LogP contribution in [0.15, 0.2) is 11.8 Å². The summed E-state index contributed by atoms with van der Waals surface area (Å²) in [5, 5.41) is 40.1. The van der Waals surface area contributed by atoms with Crippen LogP contribution in [0.2, 0.25) is 0 Å². The van der Waals surface area contributed by atoms with Gasteiger partial charge in [-0.3, -0.25) is 4.79 Å². The van der Waals surface area contributed by atoms with E-state index >= 15 is 0 Å². The number of hydrogen-bond acceptors (Lipinski definition) is 7. The second kappa shape index (κ2) is 8.08. The molecule has 0 aliphatic carbocycles. The standard InChI is InChI=1S/C13H21NO8/c1-3-21-8-4-9(13(19)20)22-12(10(8)14-6(2)16)11(18)7(17)5-15/h4,7-8,10-12,15,17-18H,3,5H2,1-2H3,(H,14,16)(H,19,20)/t7?,8-,10+,11+,12+/m0/s1. The zero-order valence-electron chi connectivity index (χ0n) is 12.3. The Labute approximate surface area is 127 Å². The molecule has 126 valence electrons. The fourth-order valence-electron chi connectivity index (χ4n) is 2.17. The van der Waals surface area contributed by atoms with E-state index in [1.54, 1.807) is 6.92 Å². The van der Waals surface area contributed by atoms with E-state index in [9.17, 15) is 19.8 Å². The summed E-state index contributed by atoms with van der Waals surface area (Å²) in [5.41, 5.74) is 0. The third-order valence-corrected chi connectivity index (χ3v) is 3.14. The molecule has 9 nitrogen and oxygen atoms in total. The van der Waals surface area contributed by atoms with Gasteiger partial charge in [0.05, 0.1) is 12.6 Å². The molecule has 1 amide bonds. The molecule has 22 heavy (non-hydrogen) atoms. The Kier molecular flexibility index (Phi) is 6.75. The maximum Gasteiger partial charge on any atom is 0.370 e. The molecule has 0 aromatic rings. The number of carbonyl (C=O) groups is 2. The highest BCUT2D eigenvalue weighted by Gasteiger charge is 2.43. The molecular weight excluding hydrogens is 298 g/mol. The van der Waals surface area contributed by atoms with Gasteiger partial charge in [-0.15, -0.1) is 0 Å². The Morgan fingerprint density at radius 1 is 1.45 bits per heavy atom. The second-order valence-electron chi connectivity index (χ2n) is 4.81. The number of hydrogen-bond donors (Lipinski definition) is 5. The maximum atomic E-state index is 11.3. The van der Waals surface area contributed by atoms with Crippen molar-refractivity contribution in [1.82, 2.24) is 5.32 Å². The lowest BCUT2D eigenvalue weighted by Crippen LogP contribution is -2.60. The molecule has 1 heterocycles. The largest absolute Gasteiger partial charge is 0.478 e. The Morgan fingerprint density at radius 3 is 2.55 bits per heavy atom. The number of aliphatic carboxylic acids is 1. The normalized spacial score (nSPS) is 27.3. The van der Waals surface area contributed by atoms with Gasteiger partial charge in [0.15, 0.2) is 6.10 Å². The van der Waals surface area contributed by atoms with Crippen LogP contribution in [0.1, 0.15) is 13.8 Å². The molecule has 0 bridgehead atoms. The fraction of sp³-hybridized carbons (Fsp3) is 0.692. The van der Waals surface area contributed by atoms with Gasteiger partial charge in [0.25, 0.3) is 0 Å². The lowest BCUT2D eigenvalue weighted by Gasteiger charge is -2.39. The van der Waals surface area contributed by atoms with E-state index in [1.165, 1.54) is 13.0 Å². The van der Waals surface area contributed by atoms with Crippen LogP contribution in [0.4, 0.5) is 0 Å². The minimum absolute atomic E-state index is 0.232. The number of carboxylic acids is 1. The molecular formula is C13H21NO8. The summed E-state index contributed by atoms with van der Waals surface area (Å²) in [6.07, 6.45) is -4.15. The quantitative estimate of drug-likeness (QED) is 0.361. The first-order chi connectivity index (χ1) is 10.3. The van der Waals surface area contributed by atoms with Crippen molar-refractivity contribution in [3.63, 3.8) is 0 Å². The minimum atomic E-state index is -1.62. The molecule has 0 radical (unpaired) electrons. The smallest absolute Gasteiger partial charge is 0.370 e. The Balaban J connectivity index is 3.15. The van der Waals surface area contributed by atoms with Gasteiger partial charge in [0.1, 0.15) is 18.3 Å². The third kappa shape index (κ3) is 4.41. The van der Waals surface area contributed by atoms with E-state index in [0.29, 0.717) is 0 Å². The van der Waals surface area contributed by atoms with Crippen LogP contribution in [-0.2, 0) is 19.1 Å². The number of rotatable bonds is 7. The second-order valence-corrected chi connectivity index (χ2v) is 4.81. The molecule has 0 saturated heterocycles. The zero-order valence-corrected chi connectivity index (χ0v) is 12.3. The van der Waals surface area contributed by atoms with Gasteiger partial charge < -0.3 is 35.2 Å². The molecule has 0 spiro atoms. The molecule has 0 aromatic heterocycles. The van der Waals surface area contributed by atoms with Gasteiger partial charge in [-0.2, -0.15) is 0 Å². The van der Waals surface area contributed by atoms with E-state index in [4.69, 9.17) is 19.7 Å². The number of aliphatic hydroxyl groups excluding tert-OH is 3. The van der Waals surface area contributed by atoms with Gasteiger partial charge in [-0.05, 0) is 13.0 Å². The number of ether oxygens (including phenoxy) is 2. The summed E-state index contributed by atoms with van der Waals surface area (Å²) in [6, 6.07) is -0.920. The van der Waals surface area contributed by atoms with Crippen molar-refractivity contribution >= 4 is 11.9 Å². The summed E-state index contributed by atoms with van der Waals surface area (Å²) in [5.74, 6) is -2.28. The molecule has 5 N–H and O–H groups in total. The van der Waals surface area contributed by atoms with Crippen molar-refractivity contribution in [2.24, 2.45) is 0 Å². The van der Waals surface area contributed by atoms with Crippen molar-refractivity contribution < 1.29 is 39.5 Å². The summed E-state index contributed by atoms with van der Waals surface area (Å²) in [4.78, 5) is 22.4. The minimum Gasteiger partial charge on any atom is -0.478 e. The molecule has 1 aliphatic rings. The van der Waals surface area contributed by atoms with Crippen LogP contribution < -0.4 is 5.32 Å². The van der Waals surface area contributed by atoms with Crippen LogP contribution in [0.5, 0.6) is 0 Å². The molecule has 0 fully saturated rings. The van der Waals surface area contributed by atoms with Crippen LogP contribution >= 0.6 is 0 Å². The predicted molar refractivity (Wildman–Crippen MR) is 72.7 cm³/mol. The first-order valence-corrected chi connectivity index (χ1v) is 6.79. The van der Waals surface area contributed by atoms with E-state index in [-0.39, 0.29) is 6.61 Å². The highest BCUT2D eigenvalue weighted by molar-refractivity contribution is 5.84. The molecule has 5 atom stereocenters. The molecule has 9 heteroatoms. The summed E-state index contributed by atoms with van der Waals surface area (Å²) in [6.45, 7) is 2.41. The van der Waals surface area contributed by atoms with E-state index in [2.05, 4.69) is 5.32 Å². The van der Waals surface area contributed by atoms with Crippen LogP contribution in [-0.4, -0.2) is 76.0 Å².